The van der Waals surface area contributed by atoms with Crippen molar-refractivity contribution in [2.24, 2.45) is 5.73 Å². The zero-order valence-corrected chi connectivity index (χ0v) is 14.4. The lowest BCUT2D eigenvalue weighted by molar-refractivity contribution is 0.334. The first kappa shape index (κ1) is 15.5. The van der Waals surface area contributed by atoms with Crippen LogP contribution in [0.15, 0.2) is 36.4 Å². The van der Waals surface area contributed by atoms with Crippen LogP contribution in [0.2, 0.25) is 0 Å². The molecule has 3 nitrogen and oxygen atoms in total. The summed E-state index contributed by atoms with van der Waals surface area (Å²) in [6, 6.07) is 13.2. The van der Waals surface area contributed by atoms with E-state index in [1.807, 2.05) is 0 Å². The second-order valence-corrected chi connectivity index (χ2v) is 7.02. The van der Waals surface area contributed by atoms with Crippen LogP contribution in [0.3, 0.4) is 0 Å². The quantitative estimate of drug-likeness (QED) is 0.934. The first-order chi connectivity index (χ1) is 11.7. The van der Waals surface area contributed by atoms with Gasteiger partial charge in [0.15, 0.2) is 11.5 Å². The van der Waals surface area contributed by atoms with E-state index in [1.165, 1.54) is 22.3 Å². The first-order valence-corrected chi connectivity index (χ1v) is 8.80. The van der Waals surface area contributed by atoms with Gasteiger partial charge in [0.2, 0.25) is 0 Å². The van der Waals surface area contributed by atoms with E-state index < -0.39 is 0 Å². The molecule has 2 N–H and O–H groups in total. The van der Waals surface area contributed by atoms with Crippen LogP contribution in [-0.4, -0.2) is 20.3 Å². The van der Waals surface area contributed by atoms with Gasteiger partial charge in [-0.15, -0.1) is 0 Å². The minimum atomic E-state index is 0.237. The Balaban J connectivity index is 1.87. The highest BCUT2D eigenvalue weighted by molar-refractivity contribution is 5.58. The van der Waals surface area contributed by atoms with Crippen LogP contribution >= 0.6 is 0 Å². The van der Waals surface area contributed by atoms with Gasteiger partial charge in [0, 0.05) is 17.5 Å². The maximum atomic E-state index is 6.54. The fourth-order valence-corrected chi connectivity index (χ4v) is 4.66. The zero-order valence-electron chi connectivity index (χ0n) is 14.4. The lowest BCUT2D eigenvalue weighted by Crippen LogP contribution is -2.37. The summed E-state index contributed by atoms with van der Waals surface area (Å²) < 4.78 is 11.4. The monoisotopic (exact) mass is 323 g/mol. The molecule has 0 saturated heterocycles. The molecule has 3 heteroatoms. The van der Waals surface area contributed by atoms with E-state index in [-0.39, 0.29) is 6.04 Å². The van der Waals surface area contributed by atoms with Crippen molar-refractivity contribution >= 4 is 0 Å². The van der Waals surface area contributed by atoms with Crippen molar-refractivity contribution in [3.8, 4) is 11.5 Å². The van der Waals surface area contributed by atoms with Gasteiger partial charge in [-0.05, 0) is 54.4 Å². The van der Waals surface area contributed by atoms with Crippen molar-refractivity contribution < 1.29 is 9.47 Å². The molecule has 24 heavy (non-hydrogen) atoms. The zero-order chi connectivity index (χ0) is 16.7. The van der Waals surface area contributed by atoms with E-state index in [0.717, 1.165) is 37.2 Å². The Morgan fingerprint density at radius 1 is 1.08 bits per heavy atom. The Morgan fingerprint density at radius 2 is 1.88 bits per heavy atom. The molecule has 2 aliphatic rings. The number of aryl methyl sites for hydroxylation is 1. The predicted octanol–water partition coefficient (Wildman–Crippen LogP) is 3.79. The van der Waals surface area contributed by atoms with E-state index in [2.05, 4.69) is 36.4 Å². The van der Waals surface area contributed by atoms with E-state index in [4.69, 9.17) is 15.2 Å². The molecule has 0 aromatic heterocycles. The number of benzene rings is 2. The Hall–Kier alpha value is -2.00. The summed E-state index contributed by atoms with van der Waals surface area (Å²) in [5, 5.41) is 0. The molecule has 0 radical (unpaired) electrons. The van der Waals surface area contributed by atoms with Gasteiger partial charge in [-0.1, -0.05) is 30.3 Å². The van der Waals surface area contributed by atoms with Gasteiger partial charge in [-0.2, -0.15) is 0 Å². The summed E-state index contributed by atoms with van der Waals surface area (Å²) in [6.07, 6.45) is 4.21. The standard InChI is InChI=1S/C21H25NO2/c1-23-19-12-14-8-9-18(22)16-10-15(13-6-4-3-5-7-13)11-17(20(14)16)21(19)24-2/h3-7,12,15-16,18H,8-11,22H2,1-2H3/t15-,16-,18+/m0/s1. The Kier molecular flexibility index (Phi) is 3.97. The third-order valence-electron chi connectivity index (χ3n) is 5.79. The van der Waals surface area contributed by atoms with Crippen LogP contribution in [-0.2, 0) is 12.8 Å². The predicted molar refractivity (Wildman–Crippen MR) is 96.1 cm³/mol. The van der Waals surface area contributed by atoms with E-state index >= 15 is 0 Å². The van der Waals surface area contributed by atoms with E-state index in [9.17, 15) is 0 Å². The molecular formula is C21H25NO2. The molecule has 0 bridgehead atoms. The largest absolute Gasteiger partial charge is 0.493 e. The average molecular weight is 323 g/mol. The van der Waals surface area contributed by atoms with Gasteiger partial charge >= 0.3 is 0 Å². The van der Waals surface area contributed by atoms with E-state index in [1.54, 1.807) is 14.2 Å². The smallest absolute Gasteiger partial charge is 0.164 e. The average Bonchev–Trinajstić information content (AvgIpc) is 2.64. The van der Waals surface area contributed by atoms with Gasteiger partial charge in [-0.3, -0.25) is 0 Å². The van der Waals surface area contributed by atoms with Crippen molar-refractivity contribution in [2.45, 2.75) is 43.6 Å². The molecule has 3 atom stereocenters. The van der Waals surface area contributed by atoms with Crippen molar-refractivity contribution in [3.63, 3.8) is 0 Å². The van der Waals surface area contributed by atoms with Crippen molar-refractivity contribution in [3.05, 3.63) is 58.7 Å². The second-order valence-electron chi connectivity index (χ2n) is 7.02. The van der Waals surface area contributed by atoms with Crippen LogP contribution in [0.4, 0.5) is 0 Å². The maximum absolute atomic E-state index is 6.54. The summed E-state index contributed by atoms with van der Waals surface area (Å²) in [4.78, 5) is 0. The number of hydrogen-bond acceptors (Lipinski definition) is 3. The van der Waals surface area contributed by atoms with E-state index in [0.29, 0.717) is 11.8 Å². The van der Waals surface area contributed by atoms with Crippen LogP contribution in [0.25, 0.3) is 0 Å². The van der Waals surface area contributed by atoms with Crippen LogP contribution < -0.4 is 15.2 Å². The van der Waals surface area contributed by atoms with Gasteiger partial charge < -0.3 is 15.2 Å². The third kappa shape index (κ3) is 2.39. The number of hydrogen-bond donors (Lipinski definition) is 1. The normalized spacial score (nSPS) is 25.0. The molecule has 126 valence electrons. The maximum Gasteiger partial charge on any atom is 0.164 e. The van der Waals surface area contributed by atoms with Crippen molar-refractivity contribution in [1.82, 2.24) is 0 Å². The summed E-state index contributed by atoms with van der Waals surface area (Å²) >= 11 is 0. The highest BCUT2D eigenvalue weighted by Crippen LogP contribution is 2.51. The fourth-order valence-electron chi connectivity index (χ4n) is 4.66. The number of nitrogens with two attached hydrogens (primary N) is 1. The van der Waals surface area contributed by atoms with Crippen molar-refractivity contribution in [1.29, 1.82) is 0 Å². The molecule has 2 aromatic carbocycles. The SMILES string of the molecule is COc1cc2c3c(c1OC)C[C@@H](c1ccccc1)C[C@H]3[C@H](N)CC2. The Morgan fingerprint density at radius 3 is 2.58 bits per heavy atom. The lowest BCUT2D eigenvalue weighted by Gasteiger charge is -2.40. The molecule has 0 heterocycles. The van der Waals surface area contributed by atoms with Gasteiger partial charge in [0.25, 0.3) is 0 Å². The first-order valence-electron chi connectivity index (χ1n) is 8.80. The Labute approximate surface area is 143 Å². The fraction of sp³-hybridized carbons (Fsp3) is 0.429. The minimum absolute atomic E-state index is 0.237. The highest BCUT2D eigenvalue weighted by Gasteiger charge is 2.38. The number of rotatable bonds is 3. The second kappa shape index (κ2) is 6.14. The van der Waals surface area contributed by atoms with Crippen LogP contribution in [0.5, 0.6) is 11.5 Å². The van der Waals surface area contributed by atoms with Gasteiger partial charge in [0.05, 0.1) is 14.2 Å². The molecule has 0 unspecified atom stereocenters. The molecular weight excluding hydrogens is 298 g/mol. The topological polar surface area (TPSA) is 44.5 Å². The Bertz CT molecular complexity index is 741. The molecule has 0 spiro atoms. The minimum Gasteiger partial charge on any atom is -0.493 e. The summed E-state index contributed by atoms with van der Waals surface area (Å²) in [5.41, 5.74) is 12.1. The molecule has 0 amide bonds. The summed E-state index contributed by atoms with van der Waals surface area (Å²) in [6.45, 7) is 0. The molecule has 4 rings (SSSR count). The molecule has 0 saturated carbocycles. The molecule has 0 aliphatic heterocycles. The number of methoxy groups -OCH3 is 2. The van der Waals surface area contributed by atoms with Crippen LogP contribution in [0.1, 0.15) is 46.9 Å². The summed E-state index contributed by atoms with van der Waals surface area (Å²) in [5.74, 6) is 2.66. The lowest BCUT2D eigenvalue weighted by atomic mass is 9.66. The van der Waals surface area contributed by atoms with Gasteiger partial charge in [0.1, 0.15) is 0 Å². The third-order valence-corrected chi connectivity index (χ3v) is 5.79. The summed E-state index contributed by atoms with van der Waals surface area (Å²) in [7, 11) is 3.46. The highest BCUT2D eigenvalue weighted by atomic mass is 16.5. The molecule has 2 aromatic rings. The van der Waals surface area contributed by atoms with Crippen LogP contribution in [0, 0.1) is 0 Å². The van der Waals surface area contributed by atoms with Crippen molar-refractivity contribution in [2.75, 3.05) is 14.2 Å². The molecule has 0 fully saturated rings. The number of ether oxygens (including phenoxy) is 2. The van der Waals surface area contributed by atoms with Gasteiger partial charge in [-0.25, -0.2) is 0 Å². The molecule has 2 aliphatic carbocycles.